The number of aliphatic imine (C=N–C) groups is 1. The molecular formula is C63H105N5O7S. The minimum absolute atomic E-state index is 0.0306. The Labute approximate surface area is 464 Å². The van der Waals surface area contributed by atoms with E-state index in [1.54, 1.807) is 0 Å². The van der Waals surface area contributed by atoms with Gasteiger partial charge in [-0.05, 0) is 102 Å². The highest BCUT2D eigenvalue weighted by Gasteiger charge is 2.51. The molecule has 430 valence electrons. The maximum atomic E-state index is 15.4. The summed E-state index contributed by atoms with van der Waals surface area (Å²) in [6.45, 7) is 52.8. The highest BCUT2D eigenvalue weighted by atomic mass is 32.2. The molecule has 5 unspecified atom stereocenters. The van der Waals surface area contributed by atoms with Crippen LogP contribution < -0.4 is 16.0 Å². The van der Waals surface area contributed by atoms with Crippen LogP contribution >= 0.6 is 11.8 Å². The molecule has 0 bridgehead atoms. The Kier molecular flexibility index (Phi) is 20.6. The van der Waals surface area contributed by atoms with Gasteiger partial charge < -0.3 is 30.4 Å². The first kappa shape index (κ1) is 64.7. The molecule has 2 fully saturated rings. The van der Waals surface area contributed by atoms with Gasteiger partial charge in [0.1, 0.15) is 35.0 Å². The van der Waals surface area contributed by atoms with Crippen molar-refractivity contribution in [2.45, 2.75) is 229 Å². The number of hydrogen-bond donors (Lipinski definition) is 4. The predicted molar refractivity (Wildman–Crippen MR) is 315 cm³/mol. The summed E-state index contributed by atoms with van der Waals surface area (Å²) in [5.41, 5.74) is 0.708. The lowest BCUT2D eigenvalue weighted by molar-refractivity contribution is -0.164. The first-order valence-electron chi connectivity index (χ1n) is 28.8. The number of allylic oxidation sites excluding steroid dienone is 1. The van der Waals surface area contributed by atoms with Gasteiger partial charge in [0.15, 0.2) is 0 Å². The molecule has 0 aromatic carbocycles. The number of H-pyrrole nitrogens is 1. The van der Waals surface area contributed by atoms with Gasteiger partial charge in [0.2, 0.25) is 17.7 Å². The molecule has 1 aliphatic heterocycles. The van der Waals surface area contributed by atoms with Crippen LogP contribution in [0.4, 0.5) is 5.82 Å². The first-order valence-corrected chi connectivity index (χ1v) is 29.8. The van der Waals surface area contributed by atoms with Crippen molar-refractivity contribution >= 4 is 59.2 Å². The Morgan fingerprint density at radius 2 is 1.11 bits per heavy atom. The number of esters is 2. The van der Waals surface area contributed by atoms with Crippen molar-refractivity contribution in [3.8, 4) is 0 Å². The fourth-order valence-electron chi connectivity index (χ4n) is 11.7. The van der Waals surface area contributed by atoms with Crippen molar-refractivity contribution in [3.05, 3.63) is 33.7 Å². The summed E-state index contributed by atoms with van der Waals surface area (Å²) in [5, 5.41) is 8.64. The van der Waals surface area contributed by atoms with Crippen molar-refractivity contribution in [2.75, 3.05) is 17.6 Å². The zero-order valence-electron chi connectivity index (χ0n) is 52.1. The van der Waals surface area contributed by atoms with Crippen LogP contribution in [0.25, 0.3) is 6.08 Å². The number of nitrogens with zero attached hydrogens (tertiary/aromatic N) is 1. The Balaban J connectivity index is 1.98. The lowest BCUT2D eigenvalue weighted by Crippen LogP contribution is -2.50. The Morgan fingerprint density at radius 1 is 0.658 bits per heavy atom. The first-order chi connectivity index (χ1) is 34.5. The molecule has 0 saturated heterocycles. The standard InChI is InChI=1S/C63H105N5O7S/c1-26-63(24,25)57(73)64-27-28-76-38(8)53(69)67-51-47(54(70)74-49-39(58(9,10)11)29-36(6)30-40(49)59(12,13)14)45(34(2)3)43(65-51)33-44-46(35(4)5)48(52(66-44)68-56(72)62(21,22)23)55(71)75-50-41(60(15,16)17)31-37(7)32-42(50)61(18,19)20/h33-42,49-50,65H,26-32H2,1-25H3,(H,64,73)(H,67,69)(H,66,68,72). The van der Waals surface area contributed by atoms with Crippen LogP contribution in [-0.4, -0.2) is 70.2 Å². The molecule has 0 radical (unpaired) electrons. The summed E-state index contributed by atoms with van der Waals surface area (Å²) in [6, 6.07) is 0. The minimum atomic E-state index is -0.813. The van der Waals surface area contributed by atoms with Crippen LogP contribution in [-0.2, 0) is 28.7 Å². The summed E-state index contributed by atoms with van der Waals surface area (Å²) in [5.74, 6) is -0.162. The van der Waals surface area contributed by atoms with Gasteiger partial charge in [-0.3, -0.25) is 14.4 Å². The molecule has 4 rings (SSSR count). The van der Waals surface area contributed by atoms with Gasteiger partial charge in [0.25, 0.3) is 0 Å². The monoisotopic (exact) mass is 1080 g/mol. The van der Waals surface area contributed by atoms with E-state index in [2.05, 4.69) is 118 Å². The van der Waals surface area contributed by atoms with Gasteiger partial charge in [0.05, 0.1) is 10.9 Å². The number of amides is 3. The molecule has 76 heavy (non-hydrogen) atoms. The third-order valence-corrected chi connectivity index (χ3v) is 18.0. The normalized spacial score (nSPS) is 25.1. The van der Waals surface area contributed by atoms with E-state index in [-0.39, 0.29) is 104 Å². The zero-order chi connectivity index (χ0) is 58.2. The van der Waals surface area contributed by atoms with Crippen LogP contribution in [0.15, 0.2) is 21.8 Å². The average molecular weight is 1080 g/mol. The summed E-state index contributed by atoms with van der Waals surface area (Å²) in [6.07, 6.45) is 5.44. The smallest absolute Gasteiger partial charge is 0.342 e. The Bertz CT molecular complexity index is 2320. The lowest BCUT2D eigenvalue weighted by Gasteiger charge is -2.50. The molecule has 1 aromatic rings. The molecular weight excluding hydrogens is 971 g/mol. The quantitative estimate of drug-likeness (QED) is 0.0994. The average Bonchev–Trinajstić information content (AvgIpc) is 3.81. The second-order valence-electron chi connectivity index (χ2n) is 29.8. The number of thioether (sulfide) groups is 1. The third-order valence-electron chi connectivity index (χ3n) is 16.9. The molecule has 0 spiro atoms. The fourth-order valence-corrected chi connectivity index (χ4v) is 12.5. The summed E-state index contributed by atoms with van der Waals surface area (Å²) >= 11 is 1.41. The molecule has 2 heterocycles. The molecule has 3 aliphatic rings. The second kappa shape index (κ2) is 24.2. The van der Waals surface area contributed by atoms with Crippen LogP contribution in [0.3, 0.4) is 0 Å². The van der Waals surface area contributed by atoms with Gasteiger partial charge in [-0.25, -0.2) is 14.6 Å². The van der Waals surface area contributed by atoms with Crippen molar-refractivity contribution in [1.82, 2.24) is 15.6 Å². The molecule has 1 aromatic heterocycles. The maximum absolute atomic E-state index is 15.4. The van der Waals surface area contributed by atoms with Gasteiger partial charge in [-0.15, -0.1) is 11.8 Å². The maximum Gasteiger partial charge on any atom is 0.342 e. The van der Waals surface area contributed by atoms with Crippen LogP contribution in [0, 0.1) is 73.9 Å². The van der Waals surface area contributed by atoms with E-state index in [4.69, 9.17) is 14.5 Å². The number of rotatable bonds is 15. The number of carbonyl (C=O) groups excluding carboxylic acids is 5. The van der Waals surface area contributed by atoms with Crippen LogP contribution in [0.2, 0.25) is 0 Å². The summed E-state index contributed by atoms with van der Waals surface area (Å²) < 4.78 is 13.8. The van der Waals surface area contributed by atoms with Crippen molar-refractivity contribution in [2.24, 2.45) is 78.9 Å². The SMILES string of the molecule is CCC(C)(C)C(=O)NCCSC(C)C(=O)Nc1[nH]c(C=C2N=C(NC(=O)C(C)(C)C)C(C(=O)OC3C(C(C)(C)C)CC(C)CC3C(C)(C)C)=C2C(C)C)c(C(C)C)c1C(=O)OC1C(C(C)(C)C)CC(C)CC1C(C)(C)C. The largest absolute Gasteiger partial charge is 0.458 e. The second-order valence-corrected chi connectivity index (χ2v) is 31.2. The highest BCUT2D eigenvalue weighted by molar-refractivity contribution is 8.00. The number of ether oxygens (including phenoxy) is 2. The topological polar surface area (TPSA) is 168 Å². The third kappa shape index (κ3) is 15.7. The minimum Gasteiger partial charge on any atom is -0.458 e. The molecule has 4 N–H and O–H groups in total. The van der Waals surface area contributed by atoms with Crippen molar-refractivity contribution in [3.63, 3.8) is 0 Å². The number of anilines is 1. The number of aromatic nitrogens is 1. The predicted octanol–water partition coefficient (Wildman–Crippen LogP) is 14.6. The zero-order valence-corrected chi connectivity index (χ0v) is 52.9. The number of hydrogen-bond acceptors (Lipinski definition) is 9. The van der Waals surface area contributed by atoms with E-state index in [9.17, 15) is 14.4 Å². The number of carbonyl (C=O) groups is 5. The van der Waals surface area contributed by atoms with E-state index in [1.807, 2.05) is 82.2 Å². The fraction of sp³-hybridized carbons (Fsp3) is 0.778. The summed E-state index contributed by atoms with van der Waals surface area (Å²) in [4.78, 5) is 80.5. The van der Waals surface area contributed by atoms with Gasteiger partial charge >= 0.3 is 11.9 Å². The lowest BCUT2D eigenvalue weighted by atomic mass is 9.59. The van der Waals surface area contributed by atoms with Crippen molar-refractivity contribution in [1.29, 1.82) is 0 Å². The molecule has 3 amide bonds. The Morgan fingerprint density at radius 3 is 1.50 bits per heavy atom. The highest BCUT2D eigenvalue weighted by Crippen LogP contribution is 2.52. The van der Waals surface area contributed by atoms with Crippen LogP contribution in [0.5, 0.6) is 0 Å². The van der Waals surface area contributed by atoms with Gasteiger partial charge in [-0.1, -0.05) is 166 Å². The number of amidine groups is 1. The Hall–Kier alpha value is -3.87. The molecule has 5 atom stereocenters. The van der Waals surface area contributed by atoms with Gasteiger partial charge in [0, 0.05) is 52.5 Å². The number of nitrogens with one attached hydrogen (secondary N) is 4. The molecule has 2 saturated carbocycles. The van der Waals surface area contributed by atoms with Gasteiger partial charge in [-0.2, -0.15) is 0 Å². The molecule has 2 aliphatic carbocycles. The van der Waals surface area contributed by atoms with E-state index in [0.717, 1.165) is 25.7 Å². The molecule has 12 nitrogen and oxygen atoms in total. The number of aromatic amines is 1. The van der Waals surface area contributed by atoms with E-state index in [0.29, 0.717) is 53.1 Å². The molecule has 13 heteroatoms. The van der Waals surface area contributed by atoms with Crippen molar-refractivity contribution < 1.29 is 33.4 Å². The van der Waals surface area contributed by atoms with E-state index >= 15 is 9.59 Å². The summed E-state index contributed by atoms with van der Waals surface area (Å²) in [7, 11) is 0. The van der Waals surface area contributed by atoms with E-state index < -0.39 is 34.1 Å². The van der Waals surface area contributed by atoms with Crippen LogP contribution in [0.1, 0.15) is 233 Å². The van der Waals surface area contributed by atoms with E-state index in [1.165, 1.54) is 11.8 Å².